The molecule has 0 saturated heterocycles. The molecule has 430 valence electrons. The molecule has 0 aliphatic carbocycles. The Morgan fingerprint density at radius 2 is 0.911 bits per heavy atom. The van der Waals surface area contributed by atoms with E-state index in [4.69, 9.17) is 48.7 Å². The lowest BCUT2D eigenvalue weighted by Gasteiger charge is -2.21. The quantitative estimate of drug-likeness (QED) is 0.0315. The van der Waals surface area contributed by atoms with Gasteiger partial charge in [-0.05, 0) is 154 Å². The van der Waals surface area contributed by atoms with Crippen molar-refractivity contribution in [1.82, 2.24) is 20.9 Å². The molecule has 1 aromatic heterocycles. The topological polar surface area (TPSA) is 289 Å². The molecule has 0 bridgehead atoms. The maximum absolute atomic E-state index is 12.2. The highest BCUT2D eigenvalue weighted by atomic mass is 16.6. The molecule has 4 unspecified atom stereocenters. The third-order valence-electron chi connectivity index (χ3n) is 9.64. The molecule has 0 aliphatic rings. The van der Waals surface area contributed by atoms with E-state index in [9.17, 15) is 33.6 Å². The number of amides is 3. The number of hydrogen-bond acceptors (Lipinski definition) is 17. The van der Waals surface area contributed by atoms with Crippen LogP contribution >= 0.6 is 0 Å². The first kappa shape index (κ1) is 68.3. The summed E-state index contributed by atoms with van der Waals surface area (Å²) in [5.41, 5.74) is 7.56. The minimum Gasteiger partial charge on any atom is -0.493 e. The summed E-state index contributed by atoms with van der Waals surface area (Å²) in [6.07, 6.45) is 9.03. The van der Waals surface area contributed by atoms with Gasteiger partial charge in [-0.2, -0.15) is 0 Å². The fourth-order valence-electron chi connectivity index (χ4n) is 5.79. The summed E-state index contributed by atoms with van der Waals surface area (Å²) < 4.78 is 41.4. The van der Waals surface area contributed by atoms with Crippen molar-refractivity contribution in [2.75, 3.05) is 21.3 Å². The first-order valence-corrected chi connectivity index (χ1v) is 24.7. The molecule has 21 nitrogen and oxygen atoms in total. The van der Waals surface area contributed by atoms with Crippen LogP contribution < -0.4 is 50.1 Å². The molecule has 3 aromatic carbocycles. The third kappa shape index (κ3) is 27.2. The number of pyridine rings is 1. The number of carbonyl (C=O) groups is 7. The van der Waals surface area contributed by atoms with Crippen LogP contribution in [0.25, 0.3) is 0 Å². The van der Waals surface area contributed by atoms with Crippen LogP contribution in [0, 0.1) is 0 Å². The number of aromatic nitrogens is 1. The Morgan fingerprint density at radius 3 is 1.22 bits per heavy atom. The molecule has 6 N–H and O–H groups in total. The van der Waals surface area contributed by atoms with Gasteiger partial charge in [0.05, 0.1) is 26.9 Å². The highest BCUT2D eigenvalue weighted by molar-refractivity contribution is 5.96. The van der Waals surface area contributed by atoms with Crippen molar-refractivity contribution in [1.29, 1.82) is 0 Å². The minimum atomic E-state index is -1.09. The van der Waals surface area contributed by atoms with Gasteiger partial charge in [-0.1, -0.05) is 36.4 Å². The van der Waals surface area contributed by atoms with Crippen LogP contribution in [-0.2, 0) is 47.9 Å². The van der Waals surface area contributed by atoms with Crippen LogP contribution in [0.1, 0.15) is 96.3 Å². The number of nitrogens with one attached hydrogen (secondary N) is 3. The van der Waals surface area contributed by atoms with E-state index >= 15 is 0 Å². The number of ether oxygens (including phenoxy) is 8. The van der Waals surface area contributed by atoms with Crippen LogP contribution in [0.15, 0.2) is 117 Å². The van der Waals surface area contributed by atoms with Gasteiger partial charge in [0.15, 0.2) is 34.5 Å². The lowest BCUT2D eigenvalue weighted by Crippen LogP contribution is -2.43. The molecule has 4 atom stereocenters. The Labute approximate surface area is 462 Å². The van der Waals surface area contributed by atoms with E-state index in [1.165, 1.54) is 41.4 Å². The zero-order valence-corrected chi connectivity index (χ0v) is 47.4. The number of aliphatic carboxylic acids is 1. The maximum atomic E-state index is 12.2. The first-order chi connectivity index (χ1) is 37.0. The van der Waals surface area contributed by atoms with E-state index in [0.717, 1.165) is 23.1 Å². The zero-order valence-electron chi connectivity index (χ0n) is 47.4. The Balaban J connectivity index is 0.000000543. The van der Waals surface area contributed by atoms with E-state index in [2.05, 4.69) is 40.7 Å². The van der Waals surface area contributed by atoms with Crippen LogP contribution in [0.3, 0.4) is 0 Å². The van der Waals surface area contributed by atoms with Crippen molar-refractivity contribution in [2.24, 2.45) is 5.73 Å². The number of methoxy groups -OCH3 is 3. The Kier molecular flexibility index (Phi) is 29.5. The van der Waals surface area contributed by atoms with Gasteiger partial charge in [0.25, 0.3) is 5.91 Å². The van der Waals surface area contributed by atoms with Crippen LogP contribution in [0.5, 0.6) is 34.5 Å². The number of hydrogen-bond donors (Lipinski definition) is 5. The van der Waals surface area contributed by atoms with Crippen molar-refractivity contribution in [3.63, 3.8) is 0 Å². The zero-order chi connectivity index (χ0) is 60.0. The van der Waals surface area contributed by atoms with E-state index in [1.54, 1.807) is 122 Å². The van der Waals surface area contributed by atoms with Crippen molar-refractivity contribution in [3.8, 4) is 34.5 Å². The van der Waals surface area contributed by atoms with E-state index in [1.807, 2.05) is 24.3 Å². The second kappa shape index (κ2) is 34.1. The van der Waals surface area contributed by atoms with Crippen LogP contribution in [0.2, 0.25) is 0 Å². The lowest BCUT2D eigenvalue weighted by molar-refractivity contribution is -0.139. The summed E-state index contributed by atoms with van der Waals surface area (Å²) >= 11 is 0. The van der Waals surface area contributed by atoms with Crippen LogP contribution in [-0.4, -0.2) is 109 Å². The summed E-state index contributed by atoms with van der Waals surface area (Å²) in [6, 6.07) is 15.8. The molecule has 0 saturated carbocycles. The van der Waals surface area contributed by atoms with Gasteiger partial charge >= 0.3 is 36.1 Å². The number of rotatable bonds is 20. The van der Waals surface area contributed by atoms with Crippen molar-refractivity contribution in [3.05, 3.63) is 139 Å². The molecule has 0 spiro atoms. The SMILES string of the molecule is C=CCc1ccc(OC(=O)C(C)N)c(OC)c1.C=CCc1ccc(OC(=O)C(C)NC(=O)OC(C)(C)C)c(OC)c1.C=CCc1ccc(OC(=O)C(C)NC(=O)c2cccnc2)c(OC)c1.CC(NC(=O)OC(C)(C)C)C(=O)O. The second-order valence-electron chi connectivity index (χ2n) is 19.0. The van der Waals surface area contributed by atoms with Gasteiger partial charge in [0.1, 0.15) is 35.4 Å². The predicted octanol–water partition coefficient (Wildman–Crippen LogP) is 8.45. The number of nitrogens with two attached hydrogens (primary N) is 1. The number of alkyl carbamates (subject to hydrolysis) is 2. The summed E-state index contributed by atoms with van der Waals surface area (Å²) in [6.45, 7) is 27.4. The lowest BCUT2D eigenvalue weighted by atomic mass is 10.1. The number of carbonyl (C=O) groups excluding carboxylic acids is 6. The molecule has 3 amide bonds. The van der Waals surface area contributed by atoms with Crippen molar-refractivity contribution in [2.45, 2.75) is 124 Å². The standard InChI is InChI=1S/C19H20N2O4.C18H25NO5.C13H17NO3.C8H15NO4/c1-4-6-14-8-9-16(17(11-14)24-3)25-19(23)13(2)21-18(22)15-7-5-10-20-12-15;1-7-8-13-9-10-14(15(11-13)22-6)23-16(20)12(2)19-17(21)24-18(3,4)5;1-4-5-10-6-7-11(12(8-10)16-3)17-13(15)9(2)14;1-5(6(10)11)9-7(12)13-8(2,3)4/h4-5,7-13H,1,6H2,2-3H3,(H,21,22);7,9-12H,1,8H2,2-6H3,(H,19,21);4,6-9H,1,5,14H2,2-3H3;5H,1-4H3,(H,9,12)(H,10,11). The highest BCUT2D eigenvalue weighted by Crippen LogP contribution is 2.31. The van der Waals surface area contributed by atoms with Gasteiger partial charge in [0.2, 0.25) is 0 Å². The van der Waals surface area contributed by atoms with Crippen molar-refractivity contribution < 1.29 is 76.6 Å². The number of benzene rings is 3. The largest absolute Gasteiger partial charge is 0.493 e. The molecular formula is C58H77N5O16. The fraction of sp³-hybridized carbons (Fsp3) is 0.379. The molecule has 0 aliphatic heterocycles. The monoisotopic (exact) mass is 1100 g/mol. The summed E-state index contributed by atoms with van der Waals surface area (Å²) in [4.78, 5) is 84.7. The summed E-state index contributed by atoms with van der Waals surface area (Å²) in [5, 5.41) is 15.6. The van der Waals surface area contributed by atoms with Gasteiger partial charge in [-0.15, -0.1) is 19.7 Å². The van der Waals surface area contributed by atoms with Gasteiger partial charge in [-0.3, -0.25) is 14.6 Å². The third-order valence-corrected chi connectivity index (χ3v) is 9.64. The molecular weight excluding hydrogens is 1020 g/mol. The highest BCUT2D eigenvalue weighted by Gasteiger charge is 2.25. The molecule has 0 radical (unpaired) electrons. The Morgan fingerprint density at radius 1 is 0.557 bits per heavy atom. The second-order valence-corrected chi connectivity index (χ2v) is 19.0. The average Bonchev–Trinajstić information content (AvgIpc) is 3.37. The average molecular weight is 1100 g/mol. The van der Waals surface area contributed by atoms with Gasteiger partial charge < -0.3 is 64.7 Å². The van der Waals surface area contributed by atoms with E-state index < -0.39 is 77.3 Å². The predicted molar refractivity (Wildman–Crippen MR) is 298 cm³/mol. The number of allylic oxidation sites excluding steroid dienone is 3. The summed E-state index contributed by atoms with van der Waals surface area (Å²) in [5.74, 6) is -0.832. The summed E-state index contributed by atoms with van der Waals surface area (Å²) in [7, 11) is 4.51. The number of nitrogens with zero attached hydrogens (tertiary/aromatic N) is 1. The van der Waals surface area contributed by atoms with Crippen molar-refractivity contribution >= 4 is 42.0 Å². The smallest absolute Gasteiger partial charge is 0.408 e. The number of carboxylic acid groups (broad SMARTS) is 1. The Hall–Kier alpha value is -8.72. The minimum absolute atomic E-state index is 0.285. The molecule has 21 heteroatoms. The molecule has 4 rings (SSSR count). The molecule has 4 aromatic rings. The normalized spacial score (nSPS) is 11.9. The first-order valence-electron chi connectivity index (χ1n) is 24.7. The van der Waals surface area contributed by atoms with Crippen LogP contribution in [0.4, 0.5) is 9.59 Å². The fourth-order valence-corrected chi connectivity index (χ4v) is 5.79. The molecule has 1 heterocycles. The maximum Gasteiger partial charge on any atom is 0.408 e. The van der Waals surface area contributed by atoms with E-state index in [0.29, 0.717) is 47.2 Å². The van der Waals surface area contributed by atoms with E-state index in [-0.39, 0.29) is 5.75 Å². The number of carboxylic acids is 1. The van der Waals surface area contributed by atoms with Gasteiger partial charge in [-0.25, -0.2) is 24.0 Å². The van der Waals surface area contributed by atoms with Gasteiger partial charge in [0, 0.05) is 12.4 Å². The number of esters is 3. The Bertz CT molecular complexity index is 2680. The molecule has 79 heavy (non-hydrogen) atoms. The molecule has 0 fully saturated rings.